The van der Waals surface area contributed by atoms with Gasteiger partial charge in [-0.25, -0.2) is 0 Å². The lowest BCUT2D eigenvalue weighted by Gasteiger charge is -2.23. The Morgan fingerprint density at radius 2 is 1.62 bits per heavy atom. The van der Waals surface area contributed by atoms with Crippen molar-refractivity contribution < 1.29 is 27.8 Å². The predicted molar refractivity (Wildman–Crippen MR) is 104 cm³/mol. The topological polar surface area (TPSA) is 67.9 Å². The summed E-state index contributed by atoms with van der Waals surface area (Å²) in [4.78, 5) is 25.8. The first-order valence-corrected chi connectivity index (χ1v) is 8.97. The Kier molecular flexibility index (Phi) is 7.94. The molecule has 29 heavy (non-hydrogen) atoms. The Bertz CT molecular complexity index is 810. The Balaban J connectivity index is 2.02. The molecule has 1 atom stereocenters. The third kappa shape index (κ3) is 7.06. The van der Waals surface area contributed by atoms with Crippen molar-refractivity contribution in [3.05, 3.63) is 59.7 Å². The van der Waals surface area contributed by atoms with Crippen LogP contribution in [0.5, 0.6) is 11.5 Å². The van der Waals surface area contributed by atoms with E-state index < -0.39 is 12.7 Å². The normalized spacial score (nSPS) is 11.7. The Labute approximate surface area is 168 Å². The van der Waals surface area contributed by atoms with Crippen LogP contribution >= 0.6 is 0 Å². The van der Waals surface area contributed by atoms with Gasteiger partial charge in [0, 0.05) is 20.5 Å². The van der Waals surface area contributed by atoms with E-state index in [0.717, 1.165) is 11.1 Å². The highest BCUT2D eigenvalue weighted by molar-refractivity contribution is 5.79. The highest BCUT2D eigenvalue weighted by Crippen LogP contribution is 2.22. The molecule has 1 N–H and O–H groups in total. The van der Waals surface area contributed by atoms with Crippen molar-refractivity contribution in [1.82, 2.24) is 10.2 Å². The van der Waals surface area contributed by atoms with E-state index in [9.17, 15) is 18.4 Å². The summed E-state index contributed by atoms with van der Waals surface area (Å²) < 4.78 is 33.9. The molecular formula is C21H24F2N2O4. The molecule has 2 rings (SSSR count). The molecule has 0 aromatic heterocycles. The molecule has 0 bridgehead atoms. The maximum Gasteiger partial charge on any atom is 0.387 e. The molecule has 0 aliphatic heterocycles. The van der Waals surface area contributed by atoms with E-state index in [1.807, 2.05) is 0 Å². The second-order valence-electron chi connectivity index (χ2n) is 6.50. The summed E-state index contributed by atoms with van der Waals surface area (Å²) >= 11 is 0. The first kappa shape index (κ1) is 22.1. The van der Waals surface area contributed by atoms with Crippen molar-refractivity contribution in [3.8, 4) is 11.5 Å². The molecule has 0 radical (unpaired) electrons. The third-order valence-electron chi connectivity index (χ3n) is 4.27. The van der Waals surface area contributed by atoms with Crippen molar-refractivity contribution in [1.29, 1.82) is 0 Å². The van der Waals surface area contributed by atoms with Gasteiger partial charge in [0.1, 0.15) is 11.5 Å². The van der Waals surface area contributed by atoms with Gasteiger partial charge in [-0.2, -0.15) is 8.78 Å². The highest BCUT2D eigenvalue weighted by atomic mass is 19.3. The zero-order valence-electron chi connectivity index (χ0n) is 16.5. The zero-order valence-corrected chi connectivity index (χ0v) is 16.5. The lowest BCUT2D eigenvalue weighted by atomic mass is 10.0. The first-order chi connectivity index (χ1) is 13.8. The largest absolute Gasteiger partial charge is 0.497 e. The molecule has 0 saturated heterocycles. The van der Waals surface area contributed by atoms with Gasteiger partial charge in [0.05, 0.1) is 19.6 Å². The number of amides is 2. The SMILES string of the molecule is COc1ccc(C(CC(=O)N(C)Cc2ccc(OC(F)F)cc2)NC(C)=O)cc1. The minimum absolute atomic E-state index is 0.0583. The molecule has 0 saturated carbocycles. The van der Waals surface area contributed by atoms with Crippen molar-refractivity contribution in [2.24, 2.45) is 0 Å². The minimum Gasteiger partial charge on any atom is -0.497 e. The monoisotopic (exact) mass is 406 g/mol. The molecule has 0 spiro atoms. The average molecular weight is 406 g/mol. The van der Waals surface area contributed by atoms with E-state index in [-0.39, 0.29) is 24.0 Å². The van der Waals surface area contributed by atoms with Gasteiger partial charge in [-0.05, 0) is 35.4 Å². The molecule has 2 aromatic rings. The molecule has 2 amide bonds. The zero-order chi connectivity index (χ0) is 21.4. The van der Waals surface area contributed by atoms with Crippen molar-refractivity contribution in [2.45, 2.75) is 32.5 Å². The number of methoxy groups -OCH3 is 1. The van der Waals surface area contributed by atoms with Crippen LogP contribution in [0.2, 0.25) is 0 Å². The third-order valence-corrected chi connectivity index (χ3v) is 4.27. The van der Waals surface area contributed by atoms with Gasteiger partial charge in [-0.3, -0.25) is 9.59 Å². The van der Waals surface area contributed by atoms with E-state index in [4.69, 9.17) is 4.74 Å². The lowest BCUT2D eigenvalue weighted by molar-refractivity contribution is -0.131. The van der Waals surface area contributed by atoms with Crippen LogP contribution in [0.3, 0.4) is 0 Å². The molecule has 1 unspecified atom stereocenters. The molecular weight excluding hydrogens is 382 g/mol. The number of ether oxygens (including phenoxy) is 2. The standard InChI is InChI=1S/C21H24F2N2O4/c1-14(26)24-19(16-6-10-17(28-3)11-7-16)12-20(27)25(2)13-15-4-8-18(9-5-15)29-21(22)23/h4-11,19,21H,12-13H2,1-3H3,(H,24,26). The Morgan fingerprint density at radius 1 is 1.03 bits per heavy atom. The number of carbonyl (C=O) groups excluding carboxylic acids is 2. The number of rotatable bonds is 9. The van der Waals surface area contributed by atoms with E-state index in [1.54, 1.807) is 50.6 Å². The van der Waals surface area contributed by atoms with E-state index in [0.29, 0.717) is 12.3 Å². The number of carbonyl (C=O) groups is 2. The van der Waals surface area contributed by atoms with Crippen molar-refractivity contribution in [2.75, 3.05) is 14.2 Å². The summed E-state index contributed by atoms with van der Waals surface area (Å²) in [6.07, 6.45) is 0.0784. The van der Waals surface area contributed by atoms with Gasteiger partial charge in [-0.1, -0.05) is 24.3 Å². The molecule has 156 valence electrons. The smallest absolute Gasteiger partial charge is 0.387 e. The average Bonchev–Trinajstić information content (AvgIpc) is 2.68. The van der Waals surface area contributed by atoms with Crippen LogP contribution in [0.15, 0.2) is 48.5 Å². The molecule has 0 aliphatic rings. The van der Waals surface area contributed by atoms with Crippen molar-refractivity contribution >= 4 is 11.8 Å². The van der Waals surface area contributed by atoms with Gasteiger partial charge in [0.25, 0.3) is 0 Å². The summed E-state index contributed by atoms with van der Waals surface area (Å²) in [7, 11) is 3.20. The van der Waals surface area contributed by atoms with Crippen LogP contribution < -0.4 is 14.8 Å². The van der Waals surface area contributed by atoms with Crippen LogP contribution in [0.1, 0.15) is 30.5 Å². The van der Waals surface area contributed by atoms with Crippen LogP contribution in [0, 0.1) is 0 Å². The number of halogens is 2. The first-order valence-electron chi connectivity index (χ1n) is 8.97. The lowest BCUT2D eigenvalue weighted by Crippen LogP contribution is -2.33. The van der Waals surface area contributed by atoms with Gasteiger partial charge in [0.15, 0.2) is 0 Å². The van der Waals surface area contributed by atoms with Crippen molar-refractivity contribution in [3.63, 3.8) is 0 Å². The minimum atomic E-state index is -2.88. The number of alkyl halides is 2. The molecule has 2 aromatic carbocycles. The van der Waals surface area contributed by atoms with Gasteiger partial charge in [0.2, 0.25) is 11.8 Å². The number of benzene rings is 2. The van der Waals surface area contributed by atoms with E-state index in [1.165, 1.54) is 24.0 Å². The second kappa shape index (κ2) is 10.4. The fourth-order valence-corrected chi connectivity index (χ4v) is 2.80. The molecule has 0 fully saturated rings. The Hall–Kier alpha value is -3.16. The summed E-state index contributed by atoms with van der Waals surface area (Å²) in [5, 5.41) is 2.79. The van der Waals surface area contributed by atoms with E-state index in [2.05, 4.69) is 10.1 Å². The summed E-state index contributed by atoms with van der Waals surface area (Å²) in [5.74, 6) is 0.323. The molecule has 8 heteroatoms. The van der Waals surface area contributed by atoms with Gasteiger partial charge >= 0.3 is 6.61 Å². The van der Waals surface area contributed by atoms with Gasteiger partial charge in [-0.15, -0.1) is 0 Å². The number of hydrogen-bond donors (Lipinski definition) is 1. The van der Waals surface area contributed by atoms with Crippen LogP contribution in [-0.4, -0.2) is 37.5 Å². The summed E-state index contributed by atoms with van der Waals surface area (Å²) in [6, 6.07) is 12.8. The fraction of sp³-hybridized carbons (Fsp3) is 0.333. The molecule has 0 aliphatic carbocycles. The Morgan fingerprint density at radius 3 is 2.14 bits per heavy atom. The fourth-order valence-electron chi connectivity index (χ4n) is 2.80. The number of hydrogen-bond acceptors (Lipinski definition) is 4. The second-order valence-corrected chi connectivity index (χ2v) is 6.50. The molecule has 6 nitrogen and oxygen atoms in total. The number of nitrogens with one attached hydrogen (secondary N) is 1. The predicted octanol–water partition coefficient (Wildman–Crippen LogP) is 3.52. The van der Waals surface area contributed by atoms with Crippen LogP contribution in [0.4, 0.5) is 8.78 Å². The maximum atomic E-state index is 12.7. The maximum absolute atomic E-state index is 12.7. The van der Waals surface area contributed by atoms with Gasteiger partial charge < -0.3 is 19.7 Å². The molecule has 0 heterocycles. The van der Waals surface area contributed by atoms with Crippen LogP contribution in [0.25, 0.3) is 0 Å². The van der Waals surface area contributed by atoms with E-state index >= 15 is 0 Å². The quantitative estimate of drug-likeness (QED) is 0.692. The van der Waals surface area contributed by atoms with Crippen LogP contribution in [-0.2, 0) is 16.1 Å². The number of nitrogens with zero attached hydrogens (tertiary/aromatic N) is 1. The summed E-state index contributed by atoms with van der Waals surface area (Å²) in [5.41, 5.74) is 1.55. The highest BCUT2D eigenvalue weighted by Gasteiger charge is 2.20. The summed E-state index contributed by atoms with van der Waals surface area (Å²) in [6.45, 7) is -1.19.